The number of aromatic nitrogens is 2. The molecule has 6 heteroatoms. The summed E-state index contributed by atoms with van der Waals surface area (Å²) in [6.07, 6.45) is 3.55. The number of hydrogen-bond donors (Lipinski definition) is 0. The summed E-state index contributed by atoms with van der Waals surface area (Å²) in [5.41, 5.74) is 3.18. The Morgan fingerprint density at radius 1 is 1.24 bits per heavy atom. The maximum absolute atomic E-state index is 12.7. The maximum Gasteiger partial charge on any atom is 0.227 e. The normalized spacial score (nSPS) is 13.8. The lowest BCUT2D eigenvalue weighted by Crippen LogP contribution is -2.34. The second kappa shape index (κ2) is 7.51. The molecule has 0 unspecified atom stereocenters. The number of ether oxygens (including phenoxy) is 1. The summed E-state index contributed by atoms with van der Waals surface area (Å²) in [6, 6.07) is 7.68. The zero-order valence-electron chi connectivity index (χ0n) is 15.0. The van der Waals surface area contributed by atoms with Crippen LogP contribution in [0.5, 0.6) is 5.75 Å². The van der Waals surface area contributed by atoms with Gasteiger partial charge in [0.25, 0.3) is 0 Å². The van der Waals surface area contributed by atoms with Crippen molar-refractivity contribution in [3.05, 3.63) is 47.4 Å². The molecule has 1 aliphatic rings. The first kappa shape index (κ1) is 17.2. The van der Waals surface area contributed by atoms with E-state index in [1.54, 1.807) is 13.4 Å². The molecule has 6 nitrogen and oxygen atoms in total. The molecule has 0 N–H and O–H groups in total. The minimum atomic E-state index is 0.139. The predicted octanol–water partition coefficient (Wildman–Crippen LogP) is 1.72. The van der Waals surface area contributed by atoms with E-state index in [2.05, 4.69) is 9.97 Å². The van der Waals surface area contributed by atoms with Crippen LogP contribution < -0.4 is 9.64 Å². The molecule has 0 aliphatic carbocycles. The Bertz CT molecular complexity index is 761. The van der Waals surface area contributed by atoms with Gasteiger partial charge in [-0.1, -0.05) is 12.1 Å². The highest BCUT2D eigenvalue weighted by Gasteiger charge is 2.22. The summed E-state index contributed by atoms with van der Waals surface area (Å²) in [4.78, 5) is 25.5. The first-order valence-electron chi connectivity index (χ1n) is 8.49. The minimum absolute atomic E-state index is 0.139. The lowest BCUT2D eigenvalue weighted by atomic mass is 10.1. The standard InChI is InChI=1S/C19H24N4O2/c1-22(2)19-16-7-9-23(10-8-17(16)20-13-21-19)18(24)12-14-5-4-6-15(11-14)25-3/h4-6,11,13H,7-10,12H2,1-3H3. The van der Waals surface area contributed by atoms with Gasteiger partial charge in [0.05, 0.1) is 19.2 Å². The third-order valence-corrected chi connectivity index (χ3v) is 4.53. The number of methoxy groups -OCH3 is 1. The Morgan fingerprint density at radius 2 is 2.04 bits per heavy atom. The van der Waals surface area contributed by atoms with Gasteiger partial charge in [0.15, 0.2) is 0 Å². The number of carbonyl (C=O) groups is 1. The Hall–Kier alpha value is -2.63. The van der Waals surface area contributed by atoms with Gasteiger partial charge in [-0.3, -0.25) is 4.79 Å². The van der Waals surface area contributed by atoms with Crippen molar-refractivity contribution >= 4 is 11.7 Å². The van der Waals surface area contributed by atoms with E-state index >= 15 is 0 Å². The molecule has 0 saturated heterocycles. The van der Waals surface area contributed by atoms with Crippen molar-refractivity contribution in [3.8, 4) is 5.75 Å². The van der Waals surface area contributed by atoms with E-state index in [-0.39, 0.29) is 5.91 Å². The van der Waals surface area contributed by atoms with Crippen molar-refractivity contribution in [2.24, 2.45) is 0 Å². The fourth-order valence-electron chi connectivity index (χ4n) is 3.21. The maximum atomic E-state index is 12.7. The molecule has 1 aromatic heterocycles. The lowest BCUT2D eigenvalue weighted by molar-refractivity contribution is -0.130. The summed E-state index contributed by atoms with van der Waals surface area (Å²) < 4.78 is 5.23. The van der Waals surface area contributed by atoms with Gasteiger partial charge in [-0.15, -0.1) is 0 Å². The first-order chi connectivity index (χ1) is 12.1. The second-order valence-corrected chi connectivity index (χ2v) is 6.43. The average molecular weight is 340 g/mol. The molecule has 2 aromatic rings. The highest BCUT2D eigenvalue weighted by atomic mass is 16.5. The number of anilines is 1. The number of rotatable bonds is 4. The third-order valence-electron chi connectivity index (χ3n) is 4.53. The zero-order valence-corrected chi connectivity index (χ0v) is 15.0. The molecular formula is C19H24N4O2. The van der Waals surface area contributed by atoms with Crippen LogP contribution in [0.15, 0.2) is 30.6 Å². The van der Waals surface area contributed by atoms with Gasteiger partial charge in [0, 0.05) is 39.2 Å². The molecule has 3 rings (SSSR count). The van der Waals surface area contributed by atoms with Gasteiger partial charge < -0.3 is 14.5 Å². The van der Waals surface area contributed by atoms with Crippen molar-refractivity contribution in [1.29, 1.82) is 0 Å². The molecule has 0 spiro atoms. The predicted molar refractivity (Wildman–Crippen MR) is 97.0 cm³/mol. The fraction of sp³-hybridized carbons (Fsp3) is 0.421. The summed E-state index contributed by atoms with van der Waals surface area (Å²) in [6.45, 7) is 1.39. The molecule has 0 bridgehead atoms. The molecule has 1 amide bonds. The molecule has 0 radical (unpaired) electrons. The Kier molecular flexibility index (Phi) is 5.16. The monoisotopic (exact) mass is 340 g/mol. The first-order valence-corrected chi connectivity index (χ1v) is 8.49. The van der Waals surface area contributed by atoms with Crippen molar-refractivity contribution in [3.63, 3.8) is 0 Å². The molecule has 1 aromatic carbocycles. The van der Waals surface area contributed by atoms with E-state index in [9.17, 15) is 4.79 Å². The third kappa shape index (κ3) is 3.90. The van der Waals surface area contributed by atoms with Crippen LogP contribution in [-0.2, 0) is 24.1 Å². The number of nitrogens with zero attached hydrogens (tertiary/aromatic N) is 4. The van der Waals surface area contributed by atoms with E-state index in [4.69, 9.17) is 4.74 Å². The number of benzene rings is 1. The SMILES string of the molecule is COc1cccc(CC(=O)N2CCc3ncnc(N(C)C)c3CC2)c1. The Morgan fingerprint density at radius 3 is 2.80 bits per heavy atom. The largest absolute Gasteiger partial charge is 0.497 e. The van der Waals surface area contributed by atoms with Gasteiger partial charge in [-0.2, -0.15) is 0 Å². The smallest absolute Gasteiger partial charge is 0.227 e. The number of carbonyl (C=O) groups excluding carboxylic acids is 1. The Labute approximate surface area is 148 Å². The van der Waals surface area contributed by atoms with Crippen LogP contribution >= 0.6 is 0 Å². The van der Waals surface area contributed by atoms with Crippen LogP contribution in [0.25, 0.3) is 0 Å². The van der Waals surface area contributed by atoms with Gasteiger partial charge in [0.2, 0.25) is 5.91 Å². The van der Waals surface area contributed by atoms with Crippen molar-refractivity contribution in [1.82, 2.24) is 14.9 Å². The molecule has 0 fully saturated rings. The summed E-state index contributed by atoms with van der Waals surface area (Å²) in [7, 11) is 5.61. The molecule has 0 saturated carbocycles. The second-order valence-electron chi connectivity index (χ2n) is 6.43. The number of amides is 1. The van der Waals surface area contributed by atoms with E-state index < -0.39 is 0 Å². The van der Waals surface area contributed by atoms with Crippen LogP contribution in [0, 0.1) is 0 Å². The number of fused-ring (bicyclic) bond motifs is 1. The van der Waals surface area contributed by atoms with Crippen molar-refractivity contribution in [2.75, 3.05) is 39.2 Å². The topological polar surface area (TPSA) is 58.6 Å². The van der Waals surface area contributed by atoms with Gasteiger partial charge in [-0.05, 0) is 24.1 Å². The average Bonchev–Trinajstić information content (AvgIpc) is 2.84. The molecule has 1 aliphatic heterocycles. The minimum Gasteiger partial charge on any atom is -0.497 e. The molecule has 25 heavy (non-hydrogen) atoms. The molecule has 2 heterocycles. The summed E-state index contributed by atoms with van der Waals surface area (Å²) >= 11 is 0. The van der Waals surface area contributed by atoms with Crippen LogP contribution in [0.2, 0.25) is 0 Å². The Balaban J connectivity index is 1.71. The van der Waals surface area contributed by atoms with Crippen LogP contribution in [0.1, 0.15) is 16.8 Å². The summed E-state index contributed by atoms with van der Waals surface area (Å²) in [5.74, 6) is 1.87. The molecule has 132 valence electrons. The van der Waals surface area contributed by atoms with Crippen molar-refractivity contribution < 1.29 is 9.53 Å². The number of hydrogen-bond acceptors (Lipinski definition) is 5. The van der Waals surface area contributed by atoms with Gasteiger partial charge >= 0.3 is 0 Å². The quantitative estimate of drug-likeness (QED) is 0.848. The van der Waals surface area contributed by atoms with Gasteiger partial charge in [-0.25, -0.2) is 9.97 Å². The fourth-order valence-corrected chi connectivity index (χ4v) is 3.21. The molecule has 0 atom stereocenters. The molecular weight excluding hydrogens is 316 g/mol. The van der Waals surface area contributed by atoms with E-state index in [0.717, 1.165) is 41.2 Å². The van der Waals surface area contributed by atoms with Crippen LogP contribution in [-0.4, -0.2) is 55.1 Å². The van der Waals surface area contributed by atoms with Crippen molar-refractivity contribution in [2.45, 2.75) is 19.3 Å². The van der Waals surface area contributed by atoms with Crippen LogP contribution in [0.3, 0.4) is 0 Å². The van der Waals surface area contributed by atoms with E-state index in [0.29, 0.717) is 19.5 Å². The van der Waals surface area contributed by atoms with Crippen LogP contribution in [0.4, 0.5) is 5.82 Å². The van der Waals surface area contributed by atoms with Gasteiger partial charge in [0.1, 0.15) is 17.9 Å². The lowest BCUT2D eigenvalue weighted by Gasteiger charge is -2.20. The van der Waals surface area contributed by atoms with E-state index in [1.165, 1.54) is 0 Å². The highest BCUT2D eigenvalue weighted by Crippen LogP contribution is 2.22. The van der Waals surface area contributed by atoms with E-state index in [1.807, 2.05) is 48.2 Å². The summed E-state index contributed by atoms with van der Waals surface area (Å²) in [5, 5.41) is 0. The zero-order chi connectivity index (χ0) is 17.8. The highest BCUT2D eigenvalue weighted by molar-refractivity contribution is 5.79.